The number of hydrogen-bond donors (Lipinski definition) is 5. The van der Waals surface area contributed by atoms with Crippen molar-refractivity contribution >= 4 is 81.4 Å². The maximum Gasteiger partial charge on any atom is 0.146 e. The Morgan fingerprint density at radius 1 is 0.721 bits per heavy atom. The van der Waals surface area contributed by atoms with E-state index in [9.17, 15) is 0 Å². The second kappa shape index (κ2) is 12.0. The first kappa shape index (κ1) is 28.7. The van der Waals surface area contributed by atoms with Crippen molar-refractivity contribution in [3.63, 3.8) is 0 Å². The normalized spacial score (nSPS) is 13.9. The number of nitrogens with zero attached hydrogens (tertiary/aromatic N) is 4. The van der Waals surface area contributed by atoms with E-state index in [1.54, 1.807) is 60.7 Å². The average molecular weight is 617 g/mol. The van der Waals surface area contributed by atoms with Gasteiger partial charge in [-0.15, -0.1) is 22.7 Å². The lowest BCUT2D eigenvalue weighted by Gasteiger charge is -2.23. The summed E-state index contributed by atoms with van der Waals surface area (Å²) in [5.74, 6) is 1.45. The van der Waals surface area contributed by atoms with Crippen molar-refractivity contribution in [3.05, 3.63) is 101 Å². The highest BCUT2D eigenvalue weighted by Crippen LogP contribution is 2.35. The average Bonchev–Trinajstić information content (AvgIpc) is 3.82. The molecule has 5 rings (SSSR count). The van der Waals surface area contributed by atoms with Gasteiger partial charge >= 0.3 is 0 Å². The molecule has 0 atom stereocenters. The molecule has 0 saturated carbocycles. The quantitative estimate of drug-likeness (QED) is 0.166. The monoisotopic (exact) mass is 616 g/mol. The predicted molar refractivity (Wildman–Crippen MR) is 167 cm³/mol. The number of rotatable bonds is 5. The molecular formula is C30H16N8O2S3. The van der Waals surface area contributed by atoms with Gasteiger partial charge < -0.3 is 19.3 Å². The fourth-order valence-electron chi connectivity index (χ4n) is 4.20. The Hall–Kier alpha value is -5.83. The third-order valence-corrected chi connectivity index (χ3v) is 8.48. The van der Waals surface area contributed by atoms with Crippen LogP contribution in [0.4, 0.5) is 0 Å². The number of hydrogen-bond acceptors (Lipinski definition) is 13. The predicted octanol–water partition coefficient (Wildman–Crippen LogP) is 2.62. The van der Waals surface area contributed by atoms with E-state index in [-0.39, 0.29) is 56.6 Å². The number of furan rings is 2. The molecule has 1 aliphatic rings. The molecule has 1 aliphatic carbocycles. The highest BCUT2D eigenvalue weighted by molar-refractivity contribution is 7.78. The van der Waals surface area contributed by atoms with Gasteiger partial charge in [0, 0.05) is 9.06 Å². The van der Waals surface area contributed by atoms with Gasteiger partial charge in [-0.05, 0) is 60.7 Å². The minimum atomic E-state index is -0.178. The fraction of sp³-hybridized carbons (Fsp3) is 0. The molecule has 0 unspecified atom stereocenters. The standard InChI is InChI=1S/C30H16N8O2S3/c31-11-15(12-32)23-7-3-19(42-23)9-17-1-5-21(39-17)25-27(35)28(36)26(30(38-41)29(25)37)22-6-2-18(40-22)10-20-4-8-24(43-20)16(13-33)14-34/h1-10,35-36,38,41H,37H2/b19-9-,20-10-,35-27?,36-28?. The summed E-state index contributed by atoms with van der Waals surface area (Å²) in [6, 6.07) is 21.1. The molecule has 4 heterocycles. The fourth-order valence-corrected chi connectivity index (χ4v) is 6.22. The van der Waals surface area contributed by atoms with E-state index in [2.05, 4.69) is 17.5 Å². The van der Waals surface area contributed by atoms with Crippen LogP contribution in [-0.2, 0) is 0 Å². The third-order valence-electron chi connectivity index (χ3n) is 6.16. The summed E-state index contributed by atoms with van der Waals surface area (Å²) in [5, 5.41) is 54.0. The van der Waals surface area contributed by atoms with Gasteiger partial charge in [0.15, 0.2) is 0 Å². The lowest BCUT2D eigenvalue weighted by Crippen LogP contribution is -2.29. The second-order valence-electron chi connectivity index (χ2n) is 8.69. The minimum Gasteiger partial charge on any atom is -0.457 e. The summed E-state index contributed by atoms with van der Waals surface area (Å²) in [6.45, 7) is 0. The van der Waals surface area contributed by atoms with Crippen LogP contribution < -0.4 is 28.6 Å². The molecule has 0 aromatic carbocycles. The molecule has 10 nitrogen and oxygen atoms in total. The molecule has 0 radical (unpaired) electrons. The third kappa shape index (κ3) is 5.43. The molecule has 0 bridgehead atoms. The van der Waals surface area contributed by atoms with Crippen molar-refractivity contribution in [1.29, 1.82) is 31.9 Å². The summed E-state index contributed by atoms with van der Waals surface area (Å²) in [7, 11) is 0. The number of nitrogens with one attached hydrogen (secondary N) is 3. The molecule has 5 N–H and O–H groups in total. The van der Waals surface area contributed by atoms with Gasteiger partial charge in [-0.2, -0.15) is 21.0 Å². The van der Waals surface area contributed by atoms with Crippen molar-refractivity contribution in [1.82, 2.24) is 4.72 Å². The topological polar surface area (TPSA) is 207 Å². The summed E-state index contributed by atoms with van der Waals surface area (Å²) in [6.07, 6.45) is 3.46. The summed E-state index contributed by atoms with van der Waals surface area (Å²) in [5.41, 5.74) is 7.05. The molecule has 0 aliphatic heterocycles. The van der Waals surface area contributed by atoms with Crippen molar-refractivity contribution < 1.29 is 8.83 Å². The zero-order valence-electron chi connectivity index (χ0n) is 21.7. The lowest BCUT2D eigenvalue weighted by molar-refractivity contribution is 0.542. The second-order valence-corrected chi connectivity index (χ2v) is 11.1. The lowest BCUT2D eigenvalue weighted by atomic mass is 9.87. The van der Waals surface area contributed by atoms with Crippen LogP contribution in [0.25, 0.3) is 34.4 Å². The first-order chi connectivity index (χ1) is 20.8. The molecule has 4 aromatic rings. The van der Waals surface area contributed by atoms with Crippen molar-refractivity contribution in [2.45, 2.75) is 0 Å². The Morgan fingerprint density at radius 2 is 1.16 bits per heavy atom. The molecule has 4 aromatic heterocycles. The van der Waals surface area contributed by atoms with Crippen LogP contribution >= 0.6 is 35.5 Å². The summed E-state index contributed by atoms with van der Waals surface area (Å²) >= 11 is 6.74. The molecule has 206 valence electrons. The van der Waals surface area contributed by atoms with Gasteiger partial charge in [0.1, 0.15) is 58.5 Å². The van der Waals surface area contributed by atoms with Crippen LogP contribution in [0, 0.1) is 56.1 Å². The zero-order valence-corrected chi connectivity index (χ0v) is 24.2. The van der Waals surface area contributed by atoms with Gasteiger partial charge in [0.25, 0.3) is 0 Å². The van der Waals surface area contributed by atoms with E-state index < -0.39 is 0 Å². The molecule has 0 saturated heterocycles. The SMILES string of the molecule is N#CC(C#N)=c1cc/c(=C/c2ccc(C3=C(N)C(NS)=C(c4ccc(/C=c5/ccc(=C(C#N)C#N)s5)o4)C(=N)C3=N)o2)s1. The van der Waals surface area contributed by atoms with Crippen LogP contribution in [-0.4, -0.2) is 11.4 Å². The Morgan fingerprint density at radius 3 is 1.60 bits per heavy atom. The summed E-state index contributed by atoms with van der Waals surface area (Å²) < 4.78 is 17.3. The van der Waals surface area contributed by atoms with E-state index in [1.165, 1.54) is 22.7 Å². The van der Waals surface area contributed by atoms with Crippen LogP contribution in [0.3, 0.4) is 0 Å². The van der Waals surface area contributed by atoms with Crippen LogP contribution in [0.15, 0.2) is 68.8 Å². The number of thiophene rings is 2. The number of allylic oxidation sites excluding steroid dienone is 2. The van der Waals surface area contributed by atoms with E-state index in [0.29, 0.717) is 20.6 Å². The van der Waals surface area contributed by atoms with E-state index >= 15 is 0 Å². The van der Waals surface area contributed by atoms with Crippen LogP contribution in [0.1, 0.15) is 23.0 Å². The highest BCUT2D eigenvalue weighted by atomic mass is 32.1. The van der Waals surface area contributed by atoms with Crippen LogP contribution in [0.5, 0.6) is 0 Å². The maximum absolute atomic E-state index is 9.10. The smallest absolute Gasteiger partial charge is 0.146 e. The van der Waals surface area contributed by atoms with Crippen molar-refractivity contribution in [2.75, 3.05) is 0 Å². The van der Waals surface area contributed by atoms with E-state index in [1.807, 2.05) is 24.3 Å². The first-order valence-corrected chi connectivity index (χ1v) is 14.2. The van der Waals surface area contributed by atoms with Gasteiger partial charge in [-0.1, -0.05) is 12.8 Å². The Balaban J connectivity index is 1.53. The molecule has 0 amide bonds. The van der Waals surface area contributed by atoms with E-state index in [4.69, 9.17) is 46.4 Å². The van der Waals surface area contributed by atoms with E-state index in [0.717, 1.165) is 9.06 Å². The molecule has 43 heavy (non-hydrogen) atoms. The van der Waals surface area contributed by atoms with Gasteiger partial charge in [-0.25, -0.2) is 0 Å². The number of nitrogens with two attached hydrogens (primary N) is 1. The molecule has 13 heteroatoms. The Bertz CT molecular complexity index is 2300. The van der Waals surface area contributed by atoms with Gasteiger partial charge in [0.05, 0.1) is 43.0 Å². The number of nitriles is 4. The van der Waals surface area contributed by atoms with Crippen molar-refractivity contribution in [2.24, 2.45) is 5.73 Å². The van der Waals surface area contributed by atoms with Crippen LogP contribution in [0.2, 0.25) is 0 Å². The number of thiol groups is 1. The van der Waals surface area contributed by atoms with Crippen molar-refractivity contribution in [3.8, 4) is 24.3 Å². The first-order valence-electron chi connectivity index (χ1n) is 12.1. The Labute approximate surface area is 257 Å². The zero-order chi connectivity index (χ0) is 30.7. The van der Waals surface area contributed by atoms with Gasteiger partial charge in [-0.3, -0.25) is 10.8 Å². The van der Waals surface area contributed by atoms with Gasteiger partial charge in [0.2, 0.25) is 0 Å². The minimum absolute atomic E-state index is 0.0249. The Kier molecular flexibility index (Phi) is 7.98. The largest absolute Gasteiger partial charge is 0.457 e. The molecule has 0 fully saturated rings. The summed E-state index contributed by atoms with van der Waals surface area (Å²) in [4.78, 5) is 0. The molecule has 0 spiro atoms. The maximum atomic E-state index is 9.10. The highest BCUT2D eigenvalue weighted by Gasteiger charge is 2.33. The molecular weight excluding hydrogens is 601 g/mol.